The lowest BCUT2D eigenvalue weighted by Crippen LogP contribution is -2.28. The molecule has 0 radical (unpaired) electrons. The molecule has 0 aliphatic rings. The van der Waals surface area contributed by atoms with E-state index in [0.717, 1.165) is 25.7 Å². The number of ether oxygens (including phenoxy) is 1. The Labute approximate surface area is 117 Å². The first kappa shape index (κ1) is 15.8. The minimum absolute atomic E-state index is 0.0317. The minimum atomic E-state index is -1.13. The molecular formula is C14H19NO5. The van der Waals surface area contributed by atoms with Crippen LogP contribution in [0.4, 0.5) is 4.79 Å². The molecule has 1 rings (SSSR count). The molecule has 20 heavy (non-hydrogen) atoms. The average molecular weight is 281 g/mol. The van der Waals surface area contributed by atoms with Gasteiger partial charge in [0.25, 0.3) is 0 Å². The van der Waals surface area contributed by atoms with Crippen molar-refractivity contribution in [3.05, 3.63) is 29.8 Å². The molecule has 6 nitrogen and oxygen atoms in total. The summed E-state index contributed by atoms with van der Waals surface area (Å²) < 4.78 is 4.89. The Bertz CT molecular complexity index is 447. The molecule has 0 saturated heterocycles. The van der Waals surface area contributed by atoms with Crippen molar-refractivity contribution in [2.75, 3.05) is 6.61 Å². The number of benzene rings is 1. The molecule has 0 aliphatic carbocycles. The van der Waals surface area contributed by atoms with Crippen molar-refractivity contribution < 1.29 is 24.3 Å². The van der Waals surface area contributed by atoms with Crippen molar-refractivity contribution >= 4 is 12.1 Å². The highest BCUT2D eigenvalue weighted by molar-refractivity contribution is 5.90. The van der Waals surface area contributed by atoms with Gasteiger partial charge in [0.1, 0.15) is 5.56 Å². The molecule has 1 aromatic carbocycles. The van der Waals surface area contributed by atoms with E-state index in [9.17, 15) is 9.59 Å². The average Bonchev–Trinajstić information content (AvgIpc) is 2.45. The second-order valence-electron chi connectivity index (χ2n) is 4.20. The fourth-order valence-electron chi connectivity index (χ4n) is 1.55. The molecule has 0 spiro atoms. The fourth-order valence-corrected chi connectivity index (χ4v) is 1.55. The van der Waals surface area contributed by atoms with E-state index < -0.39 is 12.1 Å². The van der Waals surface area contributed by atoms with Gasteiger partial charge in [0.05, 0.1) is 6.61 Å². The summed E-state index contributed by atoms with van der Waals surface area (Å²) in [5.41, 5.74) is 2.03. The predicted octanol–water partition coefficient (Wildman–Crippen LogP) is 2.99. The lowest BCUT2D eigenvalue weighted by Gasteiger charge is -2.09. The summed E-state index contributed by atoms with van der Waals surface area (Å²) in [6, 6.07) is 6.02. The van der Waals surface area contributed by atoms with E-state index in [-0.39, 0.29) is 11.3 Å². The molecule has 110 valence electrons. The van der Waals surface area contributed by atoms with Crippen molar-refractivity contribution in [3.8, 4) is 5.75 Å². The zero-order valence-electron chi connectivity index (χ0n) is 11.4. The summed E-state index contributed by atoms with van der Waals surface area (Å²) in [6.07, 6.45) is 3.29. The molecule has 0 heterocycles. The van der Waals surface area contributed by atoms with E-state index in [1.165, 1.54) is 12.1 Å². The molecule has 1 amide bonds. The number of para-hydroxylation sites is 1. The maximum absolute atomic E-state index is 11.3. The second kappa shape index (κ2) is 8.79. The van der Waals surface area contributed by atoms with E-state index in [4.69, 9.17) is 14.7 Å². The van der Waals surface area contributed by atoms with Gasteiger partial charge in [-0.05, 0) is 18.6 Å². The van der Waals surface area contributed by atoms with Gasteiger partial charge in [-0.15, -0.1) is 0 Å². The highest BCUT2D eigenvalue weighted by atomic mass is 16.7. The summed E-state index contributed by atoms with van der Waals surface area (Å²) in [7, 11) is 0. The van der Waals surface area contributed by atoms with E-state index in [0.29, 0.717) is 6.61 Å². The number of hydroxylamine groups is 1. The summed E-state index contributed by atoms with van der Waals surface area (Å²) in [6.45, 7) is 2.41. The van der Waals surface area contributed by atoms with Gasteiger partial charge in [-0.2, -0.15) is 5.48 Å². The van der Waals surface area contributed by atoms with Crippen LogP contribution in [0.15, 0.2) is 24.3 Å². The molecule has 6 heteroatoms. The van der Waals surface area contributed by atoms with Crippen LogP contribution in [0.1, 0.15) is 43.0 Å². The number of aromatic carboxylic acids is 1. The van der Waals surface area contributed by atoms with E-state index in [1.54, 1.807) is 12.1 Å². The Morgan fingerprint density at radius 3 is 2.65 bits per heavy atom. The van der Waals surface area contributed by atoms with Crippen LogP contribution < -0.4 is 10.3 Å². The second-order valence-corrected chi connectivity index (χ2v) is 4.20. The van der Waals surface area contributed by atoms with Crippen LogP contribution in [-0.4, -0.2) is 23.8 Å². The molecule has 0 atom stereocenters. The van der Waals surface area contributed by atoms with E-state index >= 15 is 0 Å². The van der Waals surface area contributed by atoms with Crippen LogP contribution >= 0.6 is 0 Å². The van der Waals surface area contributed by atoms with Gasteiger partial charge in [-0.3, -0.25) is 0 Å². The molecule has 0 aliphatic heterocycles. The summed E-state index contributed by atoms with van der Waals surface area (Å²) in [5.74, 6) is -1.07. The van der Waals surface area contributed by atoms with Gasteiger partial charge in [0.15, 0.2) is 5.75 Å². The number of rotatable bonds is 8. The van der Waals surface area contributed by atoms with E-state index in [1.807, 2.05) is 0 Å². The highest BCUT2D eigenvalue weighted by Gasteiger charge is 2.11. The lowest BCUT2D eigenvalue weighted by molar-refractivity contribution is 0.0679. The molecule has 2 N–H and O–H groups in total. The van der Waals surface area contributed by atoms with Crippen molar-refractivity contribution in [2.45, 2.75) is 32.6 Å². The van der Waals surface area contributed by atoms with Gasteiger partial charge in [0, 0.05) is 0 Å². The molecular weight excluding hydrogens is 262 g/mol. The Morgan fingerprint density at radius 1 is 1.20 bits per heavy atom. The number of amides is 1. The molecule has 1 aromatic rings. The first-order valence-corrected chi connectivity index (χ1v) is 6.57. The molecule has 0 aromatic heterocycles. The normalized spacial score (nSPS) is 9.85. The third-order valence-corrected chi connectivity index (χ3v) is 2.59. The maximum atomic E-state index is 11.3. The van der Waals surface area contributed by atoms with E-state index in [2.05, 4.69) is 12.4 Å². The van der Waals surface area contributed by atoms with Crippen LogP contribution in [0.25, 0.3) is 0 Å². The summed E-state index contributed by atoms with van der Waals surface area (Å²) in [5, 5.41) is 8.93. The SMILES string of the molecule is CCCCCCOC(=O)NOc1ccccc1C(=O)O. The van der Waals surface area contributed by atoms with Crippen LogP contribution in [-0.2, 0) is 4.74 Å². The van der Waals surface area contributed by atoms with Crippen molar-refractivity contribution in [3.63, 3.8) is 0 Å². The van der Waals surface area contributed by atoms with Crippen LogP contribution in [0.2, 0.25) is 0 Å². The number of hydrogen-bond acceptors (Lipinski definition) is 4. The number of carboxylic acids is 1. The van der Waals surface area contributed by atoms with Crippen molar-refractivity contribution in [2.24, 2.45) is 0 Å². The largest absolute Gasteiger partial charge is 0.478 e. The molecule has 0 bridgehead atoms. The fraction of sp³-hybridized carbons (Fsp3) is 0.429. The maximum Gasteiger partial charge on any atom is 0.440 e. The first-order chi connectivity index (χ1) is 9.65. The number of carbonyl (C=O) groups excluding carboxylic acids is 1. The number of hydrogen-bond donors (Lipinski definition) is 2. The van der Waals surface area contributed by atoms with Crippen LogP contribution in [0, 0.1) is 0 Å². The quantitative estimate of drug-likeness (QED) is 0.565. The van der Waals surface area contributed by atoms with Gasteiger partial charge < -0.3 is 14.7 Å². The Morgan fingerprint density at radius 2 is 1.95 bits per heavy atom. The van der Waals surface area contributed by atoms with Gasteiger partial charge in [-0.25, -0.2) is 9.59 Å². The smallest absolute Gasteiger partial charge is 0.440 e. The molecule has 0 unspecified atom stereocenters. The third-order valence-electron chi connectivity index (χ3n) is 2.59. The Kier molecular flexibility index (Phi) is 6.95. The molecule has 0 fully saturated rings. The summed E-state index contributed by atoms with van der Waals surface area (Å²) >= 11 is 0. The lowest BCUT2D eigenvalue weighted by atomic mass is 10.2. The number of unbranched alkanes of at least 4 members (excludes halogenated alkanes) is 3. The summed E-state index contributed by atoms with van der Waals surface area (Å²) in [4.78, 5) is 27.2. The topological polar surface area (TPSA) is 84.9 Å². The van der Waals surface area contributed by atoms with Gasteiger partial charge >= 0.3 is 12.1 Å². The Balaban J connectivity index is 2.32. The number of carboxylic acid groups (broad SMARTS) is 1. The van der Waals surface area contributed by atoms with Crippen LogP contribution in [0.3, 0.4) is 0 Å². The zero-order valence-corrected chi connectivity index (χ0v) is 11.4. The Hall–Kier alpha value is -2.24. The standard InChI is InChI=1S/C14H19NO5/c1-2-3-4-7-10-19-14(18)15-20-12-9-6-5-8-11(12)13(16)17/h5-6,8-9H,2-4,7,10H2,1H3,(H,15,18)(H,16,17). The van der Waals surface area contributed by atoms with Crippen molar-refractivity contribution in [1.29, 1.82) is 0 Å². The zero-order chi connectivity index (χ0) is 14.8. The van der Waals surface area contributed by atoms with Crippen molar-refractivity contribution in [1.82, 2.24) is 5.48 Å². The van der Waals surface area contributed by atoms with Gasteiger partial charge in [0.2, 0.25) is 0 Å². The van der Waals surface area contributed by atoms with Crippen LogP contribution in [0.5, 0.6) is 5.75 Å². The first-order valence-electron chi connectivity index (χ1n) is 6.57. The molecule has 0 saturated carbocycles. The highest BCUT2D eigenvalue weighted by Crippen LogP contribution is 2.16. The predicted molar refractivity (Wildman–Crippen MR) is 72.7 cm³/mol. The number of carbonyl (C=O) groups is 2. The monoisotopic (exact) mass is 281 g/mol. The minimum Gasteiger partial charge on any atom is -0.478 e. The number of nitrogens with one attached hydrogen (secondary N) is 1. The van der Waals surface area contributed by atoms with Gasteiger partial charge in [-0.1, -0.05) is 38.3 Å². The third kappa shape index (κ3) is 5.60.